The minimum absolute atomic E-state index is 0.156. The minimum Gasteiger partial charge on any atom is -0.341 e. The van der Waals surface area contributed by atoms with Gasteiger partial charge in [0, 0.05) is 18.0 Å². The summed E-state index contributed by atoms with van der Waals surface area (Å²) in [5, 5.41) is 21.8. The minimum atomic E-state index is -0.156. The fourth-order valence-electron chi connectivity index (χ4n) is 3.44. The van der Waals surface area contributed by atoms with Gasteiger partial charge < -0.3 is 10.2 Å². The van der Waals surface area contributed by atoms with E-state index in [2.05, 4.69) is 26.5 Å². The molecule has 0 saturated carbocycles. The molecule has 2 aromatic carbocycles. The van der Waals surface area contributed by atoms with Gasteiger partial charge in [-0.25, -0.2) is 0 Å². The van der Waals surface area contributed by atoms with Crippen molar-refractivity contribution >= 4 is 52.7 Å². The maximum absolute atomic E-state index is 12.7. The Hall–Kier alpha value is -2.67. The van der Waals surface area contributed by atoms with E-state index in [1.807, 2.05) is 53.1 Å². The second kappa shape index (κ2) is 10.8. The molecule has 1 fully saturated rings. The number of nitrogens with zero attached hydrogens (tertiary/aromatic N) is 5. The van der Waals surface area contributed by atoms with Crippen molar-refractivity contribution in [2.45, 2.75) is 22.9 Å². The summed E-state index contributed by atoms with van der Waals surface area (Å²) >= 11 is 9.19. The normalized spacial score (nSPS) is 13.2. The summed E-state index contributed by atoms with van der Waals surface area (Å²) in [6.45, 7) is 1.84. The average molecular weight is 485 g/mol. The van der Waals surface area contributed by atoms with Crippen molar-refractivity contribution in [3.05, 3.63) is 53.6 Å². The largest absolute Gasteiger partial charge is 0.341 e. The Morgan fingerprint density at radius 2 is 1.84 bits per heavy atom. The summed E-state index contributed by atoms with van der Waals surface area (Å²) in [4.78, 5) is 15.8. The van der Waals surface area contributed by atoms with Gasteiger partial charge in [-0.3, -0.25) is 9.36 Å². The molecule has 1 N–H and O–H groups in total. The van der Waals surface area contributed by atoms with Crippen LogP contribution in [0.1, 0.15) is 12.8 Å². The third-order valence-electron chi connectivity index (χ3n) is 4.88. The van der Waals surface area contributed by atoms with Gasteiger partial charge in [-0.15, -0.1) is 22.0 Å². The molecule has 0 radical (unpaired) electrons. The molecular formula is C22H21ClN6OS2. The Kier molecular flexibility index (Phi) is 7.58. The molecule has 1 saturated heterocycles. The van der Waals surface area contributed by atoms with Crippen LogP contribution in [0.5, 0.6) is 0 Å². The first kappa shape index (κ1) is 22.5. The van der Waals surface area contributed by atoms with E-state index in [0.29, 0.717) is 21.6 Å². The number of amides is 1. The zero-order chi connectivity index (χ0) is 22.3. The fourth-order valence-corrected chi connectivity index (χ4v) is 5.07. The van der Waals surface area contributed by atoms with E-state index in [-0.39, 0.29) is 11.7 Å². The molecule has 1 amide bonds. The van der Waals surface area contributed by atoms with Gasteiger partial charge in [-0.1, -0.05) is 47.6 Å². The van der Waals surface area contributed by atoms with Crippen LogP contribution in [0.3, 0.4) is 0 Å². The van der Waals surface area contributed by atoms with E-state index in [9.17, 15) is 4.79 Å². The van der Waals surface area contributed by atoms with Gasteiger partial charge in [0.1, 0.15) is 0 Å². The van der Waals surface area contributed by atoms with Gasteiger partial charge >= 0.3 is 0 Å². The molecule has 164 valence electrons. The van der Waals surface area contributed by atoms with Gasteiger partial charge in [-0.2, -0.15) is 5.26 Å². The molecule has 10 heteroatoms. The van der Waals surface area contributed by atoms with E-state index in [0.717, 1.165) is 42.5 Å². The maximum Gasteiger partial charge on any atom is 0.234 e. The molecule has 1 aromatic heterocycles. The lowest BCUT2D eigenvalue weighted by Crippen LogP contribution is -2.22. The van der Waals surface area contributed by atoms with Crippen LogP contribution in [-0.4, -0.2) is 45.3 Å². The number of thioether (sulfide) groups is 2. The van der Waals surface area contributed by atoms with E-state index in [1.165, 1.54) is 23.5 Å². The van der Waals surface area contributed by atoms with Crippen LogP contribution in [0.4, 0.5) is 11.6 Å². The van der Waals surface area contributed by atoms with Crippen LogP contribution in [0, 0.1) is 11.3 Å². The number of para-hydroxylation sites is 2. The zero-order valence-electron chi connectivity index (χ0n) is 17.2. The summed E-state index contributed by atoms with van der Waals surface area (Å²) in [6, 6.07) is 17.1. The van der Waals surface area contributed by atoms with Crippen molar-refractivity contribution in [3.8, 4) is 11.8 Å². The molecule has 1 aliphatic heterocycles. The van der Waals surface area contributed by atoms with E-state index in [1.54, 1.807) is 0 Å². The van der Waals surface area contributed by atoms with Gasteiger partial charge in [-0.05, 0) is 37.1 Å². The smallest absolute Gasteiger partial charge is 0.234 e. The molecule has 0 bridgehead atoms. The highest BCUT2D eigenvalue weighted by Crippen LogP contribution is 2.32. The summed E-state index contributed by atoms with van der Waals surface area (Å²) < 4.78 is 1.93. The highest BCUT2D eigenvalue weighted by Gasteiger charge is 2.24. The topological polar surface area (TPSA) is 86.8 Å². The lowest BCUT2D eigenvalue weighted by atomic mass is 10.3. The van der Waals surface area contributed by atoms with E-state index >= 15 is 0 Å². The number of nitrogens with one attached hydrogen (secondary N) is 1. The van der Waals surface area contributed by atoms with Crippen molar-refractivity contribution in [3.63, 3.8) is 0 Å². The summed E-state index contributed by atoms with van der Waals surface area (Å²) in [5.41, 5.74) is 1.49. The number of hydrogen-bond acceptors (Lipinski definition) is 7. The molecular weight excluding hydrogens is 464 g/mol. The molecule has 3 aromatic rings. The number of nitriles is 1. The molecule has 1 aliphatic rings. The van der Waals surface area contributed by atoms with Crippen molar-refractivity contribution in [2.24, 2.45) is 0 Å². The number of benzene rings is 2. The highest BCUT2D eigenvalue weighted by molar-refractivity contribution is 8.00. The first-order valence-electron chi connectivity index (χ1n) is 10.1. The second-order valence-corrected chi connectivity index (χ2v) is 9.41. The fraction of sp³-hybridized carbons (Fsp3) is 0.273. The SMILES string of the molecule is N#CCSc1ccccc1NC(=O)CSc1nnc(N2CCCC2)n1-c1ccccc1Cl. The van der Waals surface area contributed by atoms with Gasteiger partial charge in [0.25, 0.3) is 0 Å². The Balaban J connectivity index is 1.52. The lowest BCUT2D eigenvalue weighted by molar-refractivity contribution is -0.113. The Morgan fingerprint density at radius 3 is 2.62 bits per heavy atom. The Bertz CT molecular complexity index is 1140. The van der Waals surface area contributed by atoms with Crippen LogP contribution in [0.15, 0.2) is 58.6 Å². The second-order valence-electron chi connectivity index (χ2n) is 7.04. The first-order chi connectivity index (χ1) is 15.7. The van der Waals surface area contributed by atoms with Crippen LogP contribution in [-0.2, 0) is 4.79 Å². The molecule has 0 spiro atoms. The molecule has 0 aliphatic carbocycles. The number of hydrogen-bond donors (Lipinski definition) is 1. The first-order valence-corrected chi connectivity index (χ1v) is 12.5. The Morgan fingerprint density at radius 1 is 1.09 bits per heavy atom. The van der Waals surface area contributed by atoms with Crippen molar-refractivity contribution in [1.82, 2.24) is 14.8 Å². The summed E-state index contributed by atoms with van der Waals surface area (Å²) in [6.07, 6.45) is 2.23. The van der Waals surface area contributed by atoms with Crippen LogP contribution in [0.2, 0.25) is 5.02 Å². The Labute approximate surface area is 200 Å². The third kappa shape index (κ3) is 5.21. The average Bonchev–Trinajstić information content (AvgIpc) is 3.47. The lowest BCUT2D eigenvalue weighted by Gasteiger charge is -2.19. The number of rotatable bonds is 8. The van der Waals surface area contributed by atoms with E-state index in [4.69, 9.17) is 16.9 Å². The zero-order valence-corrected chi connectivity index (χ0v) is 19.6. The number of carbonyl (C=O) groups excluding carboxylic acids is 1. The predicted molar refractivity (Wildman–Crippen MR) is 130 cm³/mol. The summed E-state index contributed by atoms with van der Waals surface area (Å²) in [5.74, 6) is 1.08. The predicted octanol–water partition coefficient (Wildman–Crippen LogP) is 4.87. The van der Waals surface area contributed by atoms with Gasteiger partial charge in [0.2, 0.25) is 11.9 Å². The molecule has 2 heterocycles. The maximum atomic E-state index is 12.7. The highest BCUT2D eigenvalue weighted by atomic mass is 35.5. The molecule has 7 nitrogen and oxygen atoms in total. The van der Waals surface area contributed by atoms with Crippen LogP contribution < -0.4 is 10.2 Å². The number of carbonyl (C=O) groups is 1. The van der Waals surface area contributed by atoms with Crippen LogP contribution >= 0.6 is 35.1 Å². The van der Waals surface area contributed by atoms with Crippen molar-refractivity contribution < 1.29 is 4.79 Å². The van der Waals surface area contributed by atoms with Crippen LogP contribution in [0.25, 0.3) is 5.69 Å². The van der Waals surface area contributed by atoms with Gasteiger partial charge in [0.05, 0.1) is 34.0 Å². The van der Waals surface area contributed by atoms with E-state index < -0.39 is 0 Å². The molecule has 32 heavy (non-hydrogen) atoms. The molecule has 0 unspecified atom stereocenters. The molecule has 0 atom stereocenters. The van der Waals surface area contributed by atoms with Gasteiger partial charge in [0.15, 0.2) is 5.16 Å². The van der Waals surface area contributed by atoms with Crippen molar-refractivity contribution in [1.29, 1.82) is 5.26 Å². The third-order valence-corrected chi connectivity index (χ3v) is 7.07. The quantitative estimate of drug-likeness (QED) is 0.456. The van der Waals surface area contributed by atoms with Crippen molar-refractivity contribution in [2.75, 3.05) is 34.8 Å². The standard InChI is InChI=1S/C22H21ClN6OS2/c23-16-7-1-3-9-18(16)29-21(28-12-5-6-13-28)26-27-22(29)32-15-20(30)25-17-8-2-4-10-19(17)31-14-11-24/h1-4,7-10H,5-6,12-15H2,(H,25,30). The number of anilines is 2. The number of aromatic nitrogens is 3. The summed E-state index contributed by atoms with van der Waals surface area (Å²) in [7, 11) is 0. The monoisotopic (exact) mass is 484 g/mol. The molecule has 4 rings (SSSR count). The number of halogens is 1.